The van der Waals surface area contributed by atoms with Crippen LogP contribution in [0.5, 0.6) is 0 Å². The molecule has 1 aliphatic carbocycles. The minimum atomic E-state index is -0.477. The lowest BCUT2D eigenvalue weighted by molar-refractivity contribution is -0.138. The first-order valence-electron chi connectivity index (χ1n) is 9.32. The number of hydrogen-bond acceptors (Lipinski definition) is 3. The molecule has 0 spiro atoms. The highest BCUT2D eigenvalue weighted by molar-refractivity contribution is 5.95. The highest BCUT2D eigenvalue weighted by atomic mass is 19.1. The van der Waals surface area contributed by atoms with Gasteiger partial charge in [0.05, 0.1) is 17.6 Å². The van der Waals surface area contributed by atoms with Crippen molar-refractivity contribution in [3.63, 3.8) is 0 Å². The summed E-state index contributed by atoms with van der Waals surface area (Å²) in [5, 5.41) is 0. The van der Waals surface area contributed by atoms with E-state index in [1.807, 2.05) is 37.7 Å². The van der Waals surface area contributed by atoms with Crippen LogP contribution in [-0.2, 0) is 4.79 Å². The summed E-state index contributed by atoms with van der Waals surface area (Å²) in [6, 6.07) is 4.44. The Kier molecular flexibility index (Phi) is 5.32. The van der Waals surface area contributed by atoms with Crippen molar-refractivity contribution in [2.75, 3.05) is 33.7 Å². The maximum Gasteiger partial charge on any atom is 0.257 e. The second-order valence-corrected chi connectivity index (χ2v) is 7.81. The number of amides is 2. The van der Waals surface area contributed by atoms with Crippen molar-refractivity contribution < 1.29 is 14.0 Å². The van der Waals surface area contributed by atoms with Gasteiger partial charge in [-0.3, -0.25) is 14.5 Å². The standard InChI is InChI=1S/C20H28FN3O2/c1-13-5-8-17(21)16(11-13)20(26)24-10-9-23(12-18(24)15-6-7-15)19(25)14(2)22(3)4/h5,8,11,14-15,18H,6-7,9-10,12H2,1-4H3/t14-,18?/m0/s1. The number of nitrogens with zero attached hydrogens (tertiary/aromatic N) is 3. The van der Waals surface area contributed by atoms with Gasteiger partial charge < -0.3 is 9.80 Å². The fraction of sp³-hybridized carbons (Fsp3) is 0.600. The van der Waals surface area contributed by atoms with Crippen LogP contribution < -0.4 is 0 Å². The second-order valence-electron chi connectivity index (χ2n) is 7.81. The van der Waals surface area contributed by atoms with Crippen LogP contribution in [0, 0.1) is 18.7 Å². The molecule has 1 saturated carbocycles. The van der Waals surface area contributed by atoms with Crippen LogP contribution in [0.1, 0.15) is 35.7 Å². The molecular formula is C20H28FN3O2. The first kappa shape index (κ1) is 18.8. The molecule has 3 rings (SSSR count). The minimum absolute atomic E-state index is 0.0190. The molecule has 2 atom stereocenters. The Morgan fingerprint density at radius 3 is 2.54 bits per heavy atom. The molecule has 0 aromatic heterocycles. The average Bonchev–Trinajstić information content (AvgIpc) is 3.46. The summed E-state index contributed by atoms with van der Waals surface area (Å²) in [6.07, 6.45) is 2.13. The molecule has 0 radical (unpaired) electrons. The molecule has 2 amide bonds. The highest BCUT2D eigenvalue weighted by Gasteiger charge is 2.43. The smallest absolute Gasteiger partial charge is 0.257 e. The second kappa shape index (κ2) is 7.35. The molecule has 2 fully saturated rings. The van der Waals surface area contributed by atoms with Crippen LogP contribution in [0.3, 0.4) is 0 Å². The first-order valence-corrected chi connectivity index (χ1v) is 9.32. The van der Waals surface area contributed by atoms with E-state index in [9.17, 15) is 14.0 Å². The summed E-state index contributed by atoms with van der Waals surface area (Å²) >= 11 is 0. The number of carbonyl (C=O) groups is 2. The summed E-state index contributed by atoms with van der Waals surface area (Å²) in [4.78, 5) is 31.3. The molecule has 2 aliphatic rings. The molecule has 0 bridgehead atoms. The van der Waals surface area contributed by atoms with E-state index in [0.717, 1.165) is 18.4 Å². The molecule has 1 saturated heterocycles. The van der Waals surface area contributed by atoms with Crippen molar-refractivity contribution in [1.29, 1.82) is 0 Å². The summed E-state index contributed by atoms with van der Waals surface area (Å²) in [7, 11) is 3.78. The van der Waals surface area contributed by atoms with Crippen molar-refractivity contribution in [3.8, 4) is 0 Å². The number of likely N-dealkylation sites (N-methyl/N-ethyl adjacent to an activating group) is 1. The van der Waals surface area contributed by atoms with E-state index in [1.165, 1.54) is 6.07 Å². The number of aryl methyl sites for hydroxylation is 1. The Balaban J connectivity index is 1.78. The summed E-state index contributed by atoms with van der Waals surface area (Å²) in [6.45, 7) is 5.25. The lowest BCUT2D eigenvalue weighted by Crippen LogP contribution is -2.59. The van der Waals surface area contributed by atoms with E-state index in [-0.39, 0.29) is 29.5 Å². The van der Waals surface area contributed by atoms with Gasteiger partial charge in [-0.05, 0) is 58.8 Å². The van der Waals surface area contributed by atoms with Crippen LogP contribution >= 0.6 is 0 Å². The van der Waals surface area contributed by atoms with Gasteiger partial charge in [0, 0.05) is 19.6 Å². The van der Waals surface area contributed by atoms with Crippen LogP contribution in [0.15, 0.2) is 18.2 Å². The Hall–Kier alpha value is -1.95. The van der Waals surface area contributed by atoms with Gasteiger partial charge in [0.25, 0.3) is 5.91 Å². The average molecular weight is 361 g/mol. The number of benzene rings is 1. The van der Waals surface area contributed by atoms with Gasteiger partial charge >= 0.3 is 0 Å². The third-order valence-electron chi connectivity index (χ3n) is 5.64. The summed E-state index contributed by atoms with van der Waals surface area (Å²) in [5.74, 6) is -0.225. The Morgan fingerprint density at radius 2 is 1.92 bits per heavy atom. The molecule has 0 N–H and O–H groups in total. The molecular weight excluding hydrogens is 333 g/mol. The van der Waals surface area contributed by atoms with E-state index >= 15 is 0 Å². The van der Waals surface area contributed by atoms with Crippen LogP contribution in [-0.4, -0.2) is 72.3 Å². The Morgan fingerprint density at radius 1 is 1.23 bits per heavy atom. The fourth-order valence-corrected chi connectivity index (χ4v) is 3.59. The SMILES string of the molecule is Cc1ccc(F)c(C(=O)N2CCN(C(=O)[C@H](C)N(C)C)CC2C2CC2)c1. The first-order chi connectivity index (χ1) is 12.3. The maximum atomic E-state index is 14.2. The highest BCUT2D eigenvalue weighted by Crippen LogP contribution is 2.37. The monoisotopic (exact) mass is 361 g/mol. The van der Waals surface area contributed by atoms with Gasteiger partial charge in [-0.15, -0.1) is 0 Å². The third-order valence-corrected chi connectivity index (χ3v) is 5.64. The predicted molar refractivity (Wildman–Crippen MR) is 98.4 cm³/mol. The van der Waals surface area contributed by atoms with Gasteiger partial charge in [0.1, 0.15) is 5.82 Å². The topological polar surface area (TPSA) is 43.9 Å². The van der Waals surface area contributed by atoms with Gasteiger partial charge in [-0.1, -0.05) is 11.6 Å². The Labute approximate surface area is 154 Å². The van der Waals surface area contributed by atoms with E-state index in [0.29, 0.717) is 25.6 Å². The Bertz CT molecular complexity index is 702. The van der Waals surface area contributed by atoms with Crippen LogP contribution in [0.4, 0.5) is 4.39 Å². The molecule has 142 valence electrons. The van der Waals surface area contributed by atoms with Crippen LogP contribution in [0.2, 0.25) is 0 Å². The number of halogens is 1. The van der Waals surface area contributed by atoms with Gasteiger partial charge in [-0.2, -0.15) is 0 Å². The summed E-state index contributed by atoms with van der Waals surface area (Å²) < 4.78 is 14.2. The number of hydrogen-bond donors (Lipinski definition) is 0. The van der Waals surface area contributed by atoms with Crippen molar-refractivity contribution in [3.05, 3.63) is 35.1 Å². The van der Waals surface area contributed by atoms with E-state index in [4.69, 9.17) is 0 Å². The molecule has 1 aliphatic heterocycles. The molecule has 6 heteroatoms. The zero-order chi connectivity index (χ0) is 19.0. The largest absolute Gasteiger partial charge is 0.337 e. The quantitative estimate of drug-likeness (QED) is 0.825. The number of piperazine rings is 1. The molecule has 1 unspecified atom stereocenters. The minimum Gasteiger partial charge on any atom is -0.337 e. The van der Waals surface area contributed by atoms with Crippen LogP contribution in [0.25, 0.3) is 0 Å². The molecule has 1 heterocycles. The maximum absolute atomic E-state index is 14.2. The zero-order valence-electron chi connectivity index (χ0n) is 16.0. The third kappa shape index (κ3) is 3.75. The zero-order valence-corrected chi connectivity index (χ0v) is 16.0. The van der Waals surface area contributed by atoms with Crippen molar-refractivity contribution in [2.24, 2.45) is 5.92 Å². The van der Waals surface area contributed by atoms with Gasteiger partial charge in [-0.25, -0.2) is 4.39 Å². The number of carbonyl (C=O) groups excluding carboxylic acids is 2. The molecule has 26 heavy (non-hydrogen) atoms. The van der Waals surface area contributed by atoms with Crippen molar-refractivity contribution >= 4 is 11.8 Å². The molecule has 5 nitrogen and oxygen atoms in total. The summed E-state index contributed by atoms with van der Waals surface area (Å²) in [5.41, 5.74) is 1.00. The van der Waals surface area contributed by atoms with E-state index in [2.05, 4.69) is 0 Å². The predicted octanol–water partition coefficient (Wildman–Crippen LogP) is 2.15. The molecule has 1 aromatic rings. The van der Waals surface area contributed by atoms with E-state index in [1.54, 1.807) is 17.0 Å². The lowest BCUT2D eigenvalue weighted by atomic mass is 10.0. The van der Waals surface area contributed by atoms with E-state index < -0.39 is 5.82 Å². The van der Waals surface area contributed by atoms with Crippen molar-refractivity contribution in [1.82, 2.24) is 14.7 Å². The number of rotatable bonds is 4. The fourth-order valence-electron chi connectivity index (χ4n) is 3.59. The molecule has 1 aromatic carbocycles. The normalized spacial score (nSPS) is 21.8. The van der Waals surface area contributed by atoms with Gasteiger partial charge in [0.15, 0.2) is 0 Å². The van der Waals surface area contributed by atoms with Crippen molar-refractivity contribution in [2.45, 2.75) is 38.8 Å². The van der Waals surface area contributed by atoms with Gasteiger partial charge in [0.2, 0.25) is 5.91 Å². The lowest BCUT2D eigenvalue weighted by Gasteiger charge is -2.43.